The minimum Gasteiger partial charge on any atom is -0.491 e. The summed E-state index contributed by atoms with van der Waals surface area (Å²) in [6.07, 6.45) is 31.2. The minimum atomic E-state index is -0.208. The van der Waals surface area contributed by atoms with E-state index >= 15 is 0 Å². The second kappa shape index (κ2) is 25.9. The van der Waals surface area contributed by atoms with E-state index in [0.29, 0.717) is 30.1 Å². The highest BCUT2D eigenvalue weighted by Gasteiger charge is 2.33. The predicted molar refractivity (Wildman–Crippen MR) is 175 cm³/mol. The molecule has 0 radical (unpaired) electrons. The van der Waals surface area contributed by atoms with Crippen LogP contribution in [0.3, 0.4) is 0 Å². The van der Waals surface area contributed by atoms with Crippen molar-refractivity contribution in [2.45, 2.75) is 175 Å². The van der Waals surface area contributed by atoms with Crippen molar-refractivity contribution in [2.24, 2.45) is 0 Å². The van der Waals surface area contributed by atoms with Gasteiger partial charge in [-0.05, 0) is 19.8 Å². The van der Waals surface area contributed by atoms with Gasteiger partial charge in [-0.2, -0.15) is 0 Å². The summed E-state index contributed by atoms with van der Waals surface area (Å²) in [6.45, 7) is 7.68. The third-order valence-corrected chi connectivity index (χ3v) is 8.47. The van der Waals surface area contributed by atoms with E-state index in [2.05, 4.69) is 24.5 Å². The van der Waals surface area contributed by atoms with Gasteiger partial charge in [-0.3, -0.25) is 9.59 Å². The second-order valence-corrected chi connectivity index (χ2v) is 12.2. The van der Waals surface area contributed by atoms with Crippen molar-refractivity contribution >= 4 is 11.6 Å². The van der Waals surface area contributed by atoms with Gasteiger partial charge < -0.3 is 15.4 Å². The third-order valence-electron chi connectivity index (χ3n) is 8.47. The Morgan fingerprint density at radius 3 is 1.12 bits per heavy atom. The van der Waals surface area contributed by atoms with E-state index in [1.165, 1.54) is 136 Å². The SMILES string of the molecule is CCCCCCCCCCCCCCNC1=C(C)C(=O)C(NCCCCCCCCCCCCCC)=C(OC)C1=O. The zero-order chi connectivity index (χ0) is 30.0. The molecule has 0 amide bonds. The van der Waals surface area contributed by atoms with Gasteiger partial charge in [-0.25, -0.2) is 0 Å². The Morgan fingerprint density at radius 2 is 0.780 bits per heavy atom. The molecule has 0 bridgehead atoms. The standard InChI is InChI=1S/C36H66N2O3/c1-5-7-9-11-13-15-17-19-21-23-25-27-29-37-32-31(3)34(39)33(36(41-4)35(32)40)38-30-28-26-24-22-20-18-16-14-12-10-8-6-2/h37-38H,5-30H2,1-4H3. The lowest BCUT2D eigenvalue weighted by Crippen LogP contribution is -2.36. The highest BCUT2D eigenvalue weighted by Crippen LogP contribution is 2.23. The molecule has 0 aromatic carbocycles. The Balaban J connectivity index is 2.20. The first-order chi connectivity index (χ1) is 20.1. The molecule has 0 aliphatic heterocycles. The van der Waals surface area contributed by atoms with E-state index in [-0.39, 0.29) is 17.3 Å². The van der Waals surface area contributed by atoms with Gasteiger partial charge >= 0.3 is 0 Å². The van der Waals surface area contributed by atoms with Gasteiger partial charge in [0.1, 0.15) is 5.70 Å². The van der Waals surface area contributed by atoms with Crippen molar-refractivity contribution in [1.29, 1.82) is 0 Å². The Labute approximate surface area is 254 Å². The van der Waals surface area contributed by atoms with Gasteiger partial charge in [0, 0.05) is 18.7 Å². The number of ether oxygens (including phenoxy) is 1. The molecule has 0 aromatic heterocycles. The van der Waals surface area contributed by atoms with E-state index in [4.69, 9.17) is 4.74 Å². The molecule has 0 aromatic rings. The van der Waals surface area contributed by atoms with Crippen molar-refractivity contribution < 1.29 is 14.3 Å². The Kier molecular flexibility index (Phi) is 23.5. The maximum atomic E-state index is 13.1. The summed E-state index contributed by atoms with van der Waals surface area (Å²) in [4.78, 5) is 26.2. The number of hydrogen-bond donors (Lipinski definition) is 2. The lowest BCUT2D eigenvalue weighted by molar-refractivity contribution is -0.119. The second-order valence-electron chi connectivity index (χ2n) is 12.2. The van der Waals surface area contributed by atoms with Gasteiger partial charge in [-0.1, -0.05) is 155 Å². The molecule has 0 saturated carbocycles. The normalized spacial score (nSPS) is 13.9. The molecule has 1 rings (SSSR count). The van der Waals surface area contributed by atoms with Crippen molar-refractivity contribution in [1.82, 2.24) is 10.6 Å². The summed E-state index contributed by atoms with van der Waals surface area (Å²) < 4.78 is 5.42. The molecule has 5 heteroatoms. The Bertz CT molecular complexity index is 756. The van der Waals surface area contributed by atoms with E-state index in [0.717, 1.165) is 25.7 Å². The van der Waals surface area contributed by atoms with Crippen LogP contribution in [0.25, 0.3) is 0 Å². The topological polar surface area (TPSA) is 67.4 Å². The summed E-state index contributed by atoms with van der Waals surface area (Å²) in [6, 6.07) is 0. The van der Waals surface area contributed by atoms with Crippen LogP contribution in [0.4, 0.5) is 0 Å². The van der Waals surface area contributed by atoms with Crippen LogP contribution in [0, 0.1) is 0 Å². The van der Waals surface area contributed by atoms with Crippen LogP contribution in [0.1, 0.15) is 175 Å². The largest absolute Gasteiger partial charge is 0.491 e. The van der Waals surface area contributed by atoms with Crippen LogP contribution < -0.4 is 10.6 Å². The van der Waals surface area contributed by atoms with Crippen LogP contribution >= 0.6 is 0 Å². The molecule has 5 nitrogen and oxygen atoms in total. The Hall–Kier alpha value is -1.78. The average Bonchev–Trinajstić information content (AvgIpc) is 2.97. The van der Waals surface area contributed by atoms with Crippen molar-refractivity contribution in [2.75, 3.05) is 20.2 Å². The molecule has 0 fully saturated rings. The maximum Gasteiger partial charge on any atom is 0.246 e. The lowest BCUT2D eigenvalue weighted by atomic mass is 9.96. The predicted octanol–water partition coefficient (Wildman–Crippen LogP) is 9.85. The lowest BCUT2D eigenvalue weighted by Gasteiger charge is -2.23. The van der Waals surface area contributed by atoms with E-state index < -0.39 is 0 Å². The average molecular weight is 575 g/mol. The zero-order valence-corrected chi connectivity index (χ0v) is 27.6. The molecule has 1 aliphatic carbocycles. The van der Waals surface area contributed by atoms with E-state index in [9.17, 15) is 9.59 Å². The van der Waals surface area contributed by atoms with Crippen molar-refractivity contribution in [3.05, 3.63) is 22.7 Å². The molecule has 41 heavy (non-hydrogen) atoms. The number of Topliss-reactive ketones (excluding diaryl/α,β-unsaturated/α-hetero) is 2. The van der Waals surface area contributed by atoms with Crippen LogP contribution in [-0.2, 0) is 14.3 Å². The number of ketones is 2. The van der Waals surface area contributed by atoms with Crippen LogP contribution in [0.15, 0.2) is 22.7 Å². The molecule has 0 saturated heterocycles. The number of hydrogen-bond acceptors (Lipinski definition) is 5. The quantitative estimate of drug-likeness (QED) is 0.0687. The molecule has 0 heterocycles. The fourth-order valence-electron chi connectivity index (χ4n) is 5.73. The number of rotatable bonds is 29. The molecule has 0 atom stereocenters. The van der Waals surface area contributed by atoms with Crippen LogP contribution in [0.2, 0.25) is 0 Å². The summed E-state index contributed by atoms with van der Waals surface area (Å²) in [5, 5.41) is 6.49. The van der Waals surface area contributed by atoms with E-state index in [1.807, 2.05) is 0 Å². The summed E-state index contributed by atoms with van der Waals surface area (Å²) in [5.74, 6) is -0.185. The number of unbranched alkanes of at least 4 members (excludes halogenated alkanes) is 22. The third kappa shape index (κ3) is 17.1. The molecular weight excluding hydrogens is 508 g/mol. The maximum absolute atomic E-state index is 13.1. The van der Waals surface area contributed by atoms with Gasteiger partial charge in [0.15, 0.2) is 5.76 Å². The first kappa shape index (κ1) is 37.2. The molecule has 0 spiro atoms. The minimum absolute atomic E-state index is 0.127. The Morgan fingerprint density at radius 1 is 0.463 bits per heavy atom. The number of nitrogens with one attached hydrogen (secondary N) is 2. The fraction of sp³-hybridized carbons (Fsp3) is 0.833. The molecular formula is C36H66N2O3. The monoisotopic (exact) mass is 575 g/mol. The van der Waals surface area contributed by atoms with Gasteiger partial charge in [-0.15, -0.1) is 0 Å². The van der Waals surface area contributed by atoms with Crippen LogP contribution in [-0.4, -0.2) is 31.8 Å². The van der Waals surface area contributed by atoms with Gasteiger partial charge in [0.25, 0.3) is 0 Å². The zero-order valence-electron chi connectivity index (χ0n) is 27.6. The van der Waals surface area contributed by atoms with Gasteiger partial charge in [0.2, 0.25) is 11.6 Å². The number of carbonyl (C=O) groups excluding carboxylic acids is 2. The van der Waals surface area contributed by atoms with Crippen LogP contribution in [0.5, 0.6) is 0 Å². The highest BCUT2D eigenvalue weighted by atomic mass is 16.5. The first-order valence-electron chi connectivity index (χ1n) is 17.6. The molecule has 0 unspecified atom stereocenters. The number of carbonyl (C=O) groups is 2. The van der Waals surface area contributed by atoms with Gasteiger partial charge in [0.05, 0.1) is 12.8 Å². The molecule has 1 aliphatic rings. The first-order valence-corrected chi connectivity index (χ1v) is 17.6. The van der Waals surface area contributed by atoms with Crippen molar-refractivity contribution in [3.8, 4) is 0 Å². The molecule has 238 valence electrons. The fourth-order valence-corrected chi connectivity index (χ4v) is 5.73. The summed E-state index contributed by atoms with van der Waals surface area (Å²) in [5.41, 5.74) is 1.23. The van der Waals surface area contributed by atoms with Crippen molar-refractivity contribution in [3.63, 3.8) is 0 Å². The summed E-state index contributed by atoms with van der Waals surface area (Å²) in [7, 11) is 1.48. The highest BCUT2D eigenvalue weighted by molar-refractivity contribution is 6.23. The van der Waals surface area contributed by atoms with E-state index in [1.54, 1.807) is 6.92 Å². The smallest absolute Gasteiger partial charge is 0.246 e. The summed E-state index contributed by atoms with van der Waals surface area (Å²) >= 11 is 0. The molecule has 2 N–H and O–H groups in total. The number of methoxy groups -OCH3 is 1. The number of allylic oxidation sites excluding steroid dienone is 1.